The van der Waals surface area contributed by atoms with Gasteiger partial charge in [-0.25, -0.2) is 0 Å². The van der Waals surface area contributed by atoms with Crippen LogP contribution in [0.1, 0.15) is 28.7 Å². The maximum absolute atomic E-state index is 6.70. The zero-order chi connectivity index (χ0) is 28.8. The highest BCUT2D eigenvalue weighted by Gasteiger charge is 2.44. The third-order valence-corrected chi connectivity index (χ3v) is 7.34. The Labute approximate surface area is 249 Å². The van der Waals surface area contributed by atoms with Crippen molar-refractivity contribution >= 4 is 0 Å². The van der Waals surface area contributed by atoms with Crippen LogP contribution in [-0.2, 0) is 54.8 Å². The minimum Gasteiger partial charge on any atom is -0.374 e. The summed E-state index contributed by atoms with van der Waals surface area (Å²) in [6.07, 6.45) is -1.74. The zero-order valence-corrected chi connectivity index (χ0v) is 24.1. The van der Waals surface area contributed by atoms with Gasteiger partial charge in [-0.2, -0.15) is 0 Å². The fraction of sp³-hybridized carbons (Fsp3) is 0.333. The van der Waals surface area contributed by atoms with Gasteiger partial charge in [-0.1, -0.05) is 121 Å². The van der Waals surface area contributed by atoms with Crippen LogP contribution in [0.5, 0.6) is 0 Å². The van der Waals surface area contributed by atoms with E-state index in [0.717, 1.165) is 22.3 Å². The fourth-order valence-electron chi connectivity index (χ4n) is 5.11. The van der Waals surface area contributed by atoms with Crippen LogP contribution in [-0.4, -0.2) is 44.4 Å². The number of hydrogen-bond donors (Lipinski definition) is 0. The minimum atomic E-state index is -0.510. The number of benzene rings is 4. The van der Waals surface area contributed by atoms with Crippen molar-refractivity contribution in [1.82, 2.24) is 0 Å². The van der Waals surface area contributed by atoms with Gasteiger partial charge in [-0.05, 0) is 22.3 Å². The zero-order valence-electron chi connectivity index (χ0n) is 24.1. The molecule has 6 heteroatoms. The van der Waals surface area contributed by atoms with Gasteiger partial charge in [0.1, 0.15) is 18.3 Å². The minimum absolute atomic E-state index is 0.310. The molecule has 1 aliphatic heterocycles. The first kappa shape index (κ1) is 30.1. The molecule has 1 fully saturated rings. The lowest BCUT2D eigenvalue weighted by molar-refractivity contribution is -0.207. The van der Waals surface area contributed by atoms with Crippen molar-refractivity contribution in [2.75, 3.05) is 13.7 Å². The van der Waals surface area contributed by atoms with E-state index < -0.39 is 24.6 Å². The van der Waals surface area contributed by atoms with Crippen molar-refractivity contribution in [1.29, 1.82) is 0 Å². The van der Waals surface area contributed by atoms with E-state index in [1.807, 2.05) is 72.8 Å². The number of rotatable bonds is 14. The van der Waals surface area contributed by atoms with Crippen LogP contribution < -0.4 is 0 Å². The van der Waals surface area contributed by atoms with Crippen LogP contribution in [0.2, 0.25) is 0 Å². The number of hydrogen-bond acceptors (Lipinski definition) is 6. The molecule has 5 atom stereocenters. The lowest BCUT2D eigenvalue weighted by Gasteiger charge is -2.34. The van der Waals surface area contributed by atoms with Crippen LogP contribution >= 0.6 is 0 Å². The van der Waals surface area contributed by atoms with Gasteiger partial charge in [0.2, 0.25) is 0 Å². The summed E-state index contributed by atoms with van der Waals surface area (Å²) in [5.41, 5.74) is 4.32. The number of ether oxygens (including phenoxy) is 6. The molecule has 0 N–H and O–H groups in total. The lowest BCUT2D eigenvalue weighted by Crippen LogP contribution is -2.48. The van der Waals surface area contributed by atoms with E-state index in [-0.39, 0.29) is 6.10 Å². The molecule has 6 nitrogen and oxygen atoms in total. The molecule has 4 aromatic carbocycles. The standard InChI is InChI=1S/C36H40O6/c1-37-34-22-32(39-24-29-16-8-3-9-17-29)35(40-25-30-18-10-4-11-19-30)36(41-26-31-20-12-5-13-21-31)33(42-34)27-38-23-28-14-6-2-7-15-28/h2-21,32-36H,22-27H2,1H3/t32-,33+,34-,35+,36+/m0/s1. The predicted octanol–water partition coefficient (Wildman–Crippen LogP) is 6.72. The highest BCUT2D eigenvalue weighted by atomic mass is 16.7. The average molecular weight is 569 g/mol. The predicted molar refractivity (Wildman–Crippen MR) is 161 cm³/mol. The second kappa shape index (κ2) is 16.3. The third kappa shape index (κ3) is 9.07. The van der Waals surface area contributed by atoms with Gasteiger partial charge >= 0.3 is 0 Å². The summed E-state index contributed by atoms with van der Waals surface area (Å²) >= 11 is 0. The van der Waals surface area contributed by atoms with Crippen LogP contribution in [0, 0.1) is 0 Å². The first-order valence-corrected chi connectivity index (χ1v) is 14.5. The van der Waals surface area contributed by atoms with Crippen LogP contribution in [0.3, 0.4) is 0 Å². The second-order valence-electron chi connectivity index (χ2n) is 10.4. The smallest absolute Gasteiger partial charge is 0.160 e. The van der Waals surface area contributed by atoms with Crippen molar-refractivity contribution in [3.05, 3.63) is 144 Å². The third-order valence-electron chi connectivity index (χ3n) is 7.34. The van der Waals surface area contributed by atoms with Crippen molar-refractivity contribution in [2.45, 2.75) is 63.6 Å². The van der Waals surface area contributed by atoms with E-state index in [4.69, 9.17) is 28.4 Å². The van der Waals surface area contributed by atoms with Crippen molar-refractivity contribution in [2.24, 2.45) is 0 Å². The molecule has 1 saturated heterocycles. The molecule has 4 aromatic rings. The second-order valence-corrected chi connectivity index (χ2v) is 10.4. The maximum Gasteiger partial charge on any atom is 0.160 e. The molecule has 0 aliphatic carbocycles. The quantitative estimate of drug-likeness (QED) is 0.168. The monoisotopic (exact) mass is 568 g/mol. The molecule has 0 amide bonds. The molecule has 0 unspecified atom stereocenters. The van der Waals surface area contributed by atoms with E-state index in [9.17, 15) is 0 Å². The van der Waals surface area contributed by atoms with Crippen molar-refractivity contribution in [3.63, 3.8) is 0 Å². The van der Waals surface area contributed by atoms with Crippen LogP contribution in [0.15, 0.2) is 121 Å². The van der Waals surface area contributed by atoms with Gasteiger partial charge in [0, 0.05) is 13.5 Å². The number of methoxy groups -OCH3 is 1. The van der Waals surface area contributed by atoms with Crippen molar-refractivity contribution < 1.29 is 28.4 Å². The normalized spacial score (nSPS) is 22.5. The Morgan fingerprint density at radius 1 is 0.548 bits per heavy atom. The summed E-state index contributed by atoms with van der Waals surface area (Å²) < 4.78 is 38.5. The van der Waals surface area contributed by atoms with Crippen molar-refractivity contribution in [3.8, 4) is 0 Å². The van der Waals surface area contributed by atoms with Gasteiger partial charge in [0.25, 0.3) is 0 Å². The van der Waals surface area contributed by atoms with E-state index in [1.54, 1.807) is 7.11 Å². The molecule has 42 heavy (non-hydrogen) atoms. The molecule has 220 valence electrons. The van der Waals surface area contributed by atoms with E-state index in [0.29, 0.717) is 39.5 Å². The molecule has 0 aromatic heterocycles. The Morgan fingerprint density at radius 3 is 1.45 bits per heavy atom. The summed E-state index contributed by atoms with van der Waals surface area (Å²) in [7, 11) is 1.66. The Morgan fingerprint density at radius 2 is 0.976 bits per heavy atom. The van der Waals surface area contributed by atoms with Gasteiger partial charge in [0.15, 0.2) is 6.29 Å². The molecule has 0 spiro atoms. The maximum atomic E-state index is 6.70. The molecule has 0 bridgehead atoms. The summed E-state index contributed by atoms with van der Waals surface area (Å²) in [6, 6.07) is 40.6. The summed E-state index contributed by atoms with van der Waals surface area (Å²) in [6.45, 7) is 2.03. The molecular weight excluding hydrogens is 528 g/mol. The first-order valence-electron chi connectivity index (χ1n) is 14.5. The average Bonchev–Trinajstić information content (AvgIpc) is 3.19. The topological polar surface area (TPSA) is 55.4 Å². The fourth-order valence-corrected chi connectivity index (χ4v) is 5.11. The van der Waals surface area contributed by atoms with Gasteiger partial charge < -0.3 is 28.4 Å². The van der Waals surface area contributed by atoms with E-state index >= 15 is 0 Å². The molecular formula is C36H40O6. The molecule has 1 heterocycles. The highest BCUT2D eigenvalue weighted by molar-refractivity contribution is 5.16. The summed E-state index contributed by atoms with van der Waals surface area (Å²) in [5, 5.41) is 0. The van der Waals surface area contributed by atoms with E-state index in [1.165, 1.54) is 0 Å². The molecule has 0 saturated carbocycles. The summed E-state index contributed by atoms with van der Waals surface area (Å²) in [4.78, 5) is 0. The van der Waals surface area contributed by atoms with Gasteiger partial charge in [0.05, 0.1) is 39.1 Å². The Bertz CT molecular complexity index is 1270. The Balaban J connectivity index is 1.41. The Kier molecular flexibility index (Phi) is 11.7. The van der Waals surface area contributed by atoms with Gasteiger partial charge in [-0.3, -0.25) is 0 Å². The highest BCUT2D eigenvalue weighted by Crippen LogP contribution is 2.30. The largest absolute Gasteiger partial charge is 0.374 e. The first-order chi connectivity index (χ1) is 20.8. The van der Waals surface area contributed by atoms with E-state index in [2.05, 4.69) is 48.5 Å². The molecule has 5 rings (SSSR count). The SMILES string of the molecule is CO[C@@H]1C[C@H](OCc2ccccc2)[C@@H](OCc2ccccc2)[C@H](OCc2ccccc2)[C@@H](COCc2ccccc2)O1. The molecule has 1 aliphatic rings. The van der Waals surface area contributed by atoms with Crippen LogP contribution in [0.25, 0.3) is 0 Å². The Hall–Kier alpha value is -3.36. The van der Waals surface area contributed by atoms with Gasteiger partial charge in [-0.15, -0.1) is 0 Å². The summed E-state index contributed by atoms with van der Waals surface area (Å²) in [5.74, 6) is 0. The lowest BCUT2D eigenvalue weighted by atomic mass is 10.0. The molecule has 0 radical (unpaired) electrons. The van der Waals surface area contributed by atoms with Crippen LogP contribution in [0.4, 0.5) is 0 Å².